The van der Waals surface area contributed by atoms with E-state index in [1.165, 1.54) is 6.42 Å². The van der Waals surface area contributed by atoms with Crippen LogP contribution in [0.5, 0.6) is 5.75 Å². The first-order valence-corrected chi connectivity index (χ1v) is 12.9. The van der Waals surface area contributed by atoms with Crippen LogP contribution in [-0.2, 0) is 24.4 Å². The topological polar surface area (TPSA) is 59.4 Å². The molecule has 1 amide bonds. The van der Waals surface area contributed by atoms with Crippen LogP contribution in [0.4, 0.5) is 5.69 Å². The minimum atomic E-state index is -0.0522. The van der Waals surface area contributed by atoms with Crippen LogP contribution in [0.25, 0.3) is 10.9 Å². The summed E-state index contributed by atoms with van der Waals surface area (Å²) in [6, 6.07) is 23.7. The molecule has 6 nitrogen and oxygen atoms in total. The Hall–Kier alpha value is -3.16. The molecule has 2 heterocycles. The largest absolute Gasteiger partial charge is 0.489 e. The van der Waals surface area contributed by atoms with E-state index in [-0.39, 0.29) is 5.91 Å². The summed E-state index contributed by atoms with van der Waals surface area (Å²) in [5.41, 5.74) is 3.89. The molecule has 1 saturated heterocycles. The molecule has 7 heteroatoms. The maximum atomic E-state index is 12.8. The Balaban J connectivity index is 1.17. The first kappa shape index (κ1) is 23.6. The minimum absolute atomic E-state index is 0.0522. The second-order valence-corrected chi connectivity index (χ2v) is 10.2. The van der Waals surface area contributed by atoms with Gasteiger partial charge in [-0.15, -0.1) is 0 Å². The van der Waals surface area contributed by atoms with Crippen molar-refractivity contribution in [3.05, 3.63) is 90.1 Å². The third kappa shape index (κ3) is 6.10. The molecule has 4 aromatic rings. The zero-order valence-corrected chi connectivity index (χ0v) is 21.2. The molecule has 180 valence electrons. The molecule has 1 aliphatic heterocycles. The highest BCUT2D eigenvalue weighted by molar-refractivity contribution is 9.09. The summed E-state index contributed by atoms with van der Waals surface area (Å²) in [6.07, 6.45) is 3.34. The number of amides is 1. The number of likely N-dealkylation sites (tertiary alicyclic amines) is 1. The first-order chi connectivity index (χ1) is 17.1. The van der Waals surface area contributed by atoms with E-state index < -0.39 is 0 Å². The number of fused-ring (bicyclic) bond motifs is 1. The molecule has 1 N–H and O–H groups in total. The van der Waals surface area contributed by atoms with E-state index in [1.807, 2.05) is 77.6 Å². The molecule has 1 aliphatic rings. The van der Waals surface area contributed by atoms with Crippen LogP contribution in [0.3, 0.4) is 0 Å². The van der Waals surface area contributed by atoms with Gasteiger partial charge in [0.05, 0.1) is 30.4 Å². The molecule has 1 unspecified atom stereocenters. The number of nitrogens with one attached hydrogen (secondary N) is 1. The van der Waals surface area contributed by atoms with Gasteiger partial charge in [0.2, 0.25) is 5.91 Å². The van der Waals surface area contributed by atoms with Crippen molar-refractivity contribution >= 4 is 38.4 Å². The van der Waals surface area contributed by atoms with Crippen LogP contribution >= 0.6 is 15.9 Å². The molecule has 1 aromatic heterocycles. The highest BCUT2D eigenvalue weighted by atomic mass is 79.9. The predicted molar refractivity (Wildman–Crippen MR) is 143 cm³/mol. The molecule has 1 atom stereocenters. The number of nitrogens with zero attached hydrogens (tertiary/aromatic N) is 3. The number of anilines is 1. The van der Waals surface area contributed by atoms with Gasteiger partial charge in [-0.1, -0.05) is 64.5 Å². The lowest BCUT2D eigenvalue weighted by atomic mass is 10.1. The number of benzene rings is 3. The van der Waals surface area contributed by atoms with Gasteiger partial charge in [-0.05, 0) is 48.4 Å². The Morgan fingerprint density at radius 1 is 1.00 bits per heavy atom. The fraction of sp³-hybridized carbons (Fsp3) is 0.286. The molecule has 1 fully saturated rings. The number of rotatable bonds is 9. The van der Waals surface area contributed by atoms with Gasteiger partial charge in [0.15, 0.2) is 0 Å². The number of halogens is 1. The van der Waals surface area contributed by atoms with Crippen molar-refractivity contribution in [3.8, 4) is 5.75 Å². The maximum absolute atomic E-state index is 12.8. The monoisotopic (exact) mass is 532 g/mol. The number of aromatic nitrogens is 2. The zero-order chi connectivity index (χ0) is 24.0. The number of hydrogen-bond donors (Lipinski definition) is 1. The first-order valence-electron chi connectivity index (χ1n) is 12.0. The van der Waals surface area contributed by atoms with Gasteiger partial charge in [0.1, 0.15) is 12.4 Å². The summed E-state index contributed by atoms with van der Waals surface area (Å²) in [5.74, 6) is 0.736. The summed E-state index contributed by atoms with van der Waals surface area (Å²) in [5, 5.41) is 8.62. The van der Waals surface area contributed by atoms with Crippen LogP contribution in [0.2, 0.25) is 0 Å². The maximum Gasteiger partial charge on any atom is 0.228 e. The number of ether oxygens (including phenoxy) is 1. The van der Waals surface area contributed by atoms with Crippen LogP contribution in [0.1, 0.15) is 17.5 Å². The normalized spacial score (nSPS) is 16.0. The third-order valence-electron chi connectivity index (χ3n) is 6.34. The lowest BCUT2D eigenvalue weighted by Gasteiger charge is -2.15. The minimum Gasteiger partial charge on any atom is -0.489 e. The van der Waals surface area contributed by atoms with Gasteiger partial charge in [-0.2, -0.15) is 5.10 Å². The van der Waals surface area contributed by atoms with Crippen molar-refractivity contribution in [2.75, 3.05) is 25.0 Å². The average Bonchev–Trinajstić information content (AvgIpc) is 3.49. The van der Waals surface area contributed by atoms with Crippen LogP contribution in [0.15, 0.2) is 79.0 Å². The summed E-state index contributed by atoms with van der Waals surface area (Å²) in [6.45, 7) is 4.53. The molecule has 35 heavy (non-hydrogen) atoms. The standard InChI is InChI=1S/C28H29BrN4O2/c29-23-13-14-32(19-23)15-16-33-27-8-4-7-26(25(27)18-30-33)31-28(34)17-21-9-11-24(12-10-21)35-20-22-5-2-1-3-6-22/h1-12,18,23H,13-17,19-20H2,(H,31,34). The Morgan fingerprint density at radius 2 is 1.83 bits per heavy atom. The van der Waals surface area contributed by atoms with E-state index in [4.69, 9.17) is 4.74 Å². The predicted octanol–water partition coefficient (Wildman–Crippen LogP) is 5.27. The lowest BCUT2D eigenvalue weighted by Crippen LogP contribution is -2.25. The molecule has 0 radical (unpaired) electrons. The van der Waals surface area contributed by atoms with Crippen molar-refractivity contribution in [2.45, 2.75) is 30.8 Å². The fourth-order valence-electron chi connectivity index (χ4n) is 4.44. The summed E-state index contributed by atoms with van der Waals surface area (Å²) >= 11 is 3.70. The van der Waals surface area contributed by atoms with Gasteiger partial charge in [-0.25, -0.2) is 0 Å². The molecule has 0 spiro atoms. The third-order valence-corrected chi connectivity index (χ3v) is 7.09. The quantitative estimate of drug-likeness (QED) is 0.298. The van der Waals surface area contributed by atoms with Gasteiger partial charge in [0, 0.05) is 23.3 Å². The summed E-state index contributed by atoms with van der Waals surface area (Å²) < 4.78 is 7.87. The highest BCUT2D eigenvalue weighted by Crippen LogP contribution is 2.24. The van der Waals surface area contributed by atoms with Gasteiger partial charge in [-0.3, -0.25) is 9.48 Å². The van der Waals surface area contributed by atoms with Crippen molar-refractivity contribution in [3.63, 3.8) is 0 Å². The summed E-state index contributed by atoms with van der Waals surface area (Å²) in [4.78, 5) is 15.8. The average molecular weight is 533 g/mol. The van der Waals surface area contributed by atoms with E-state index in [2.05, 4.69) is 37.3 Å². The number of alkyl halides is 1. The molecule has 5 rings (SSSR count). The SMILES string of the molecule is O=C(Cc1ccc(OCc2ccccc2)cc1)Nc1cccc2c1cnn2CCN1CCC(Br)C1. The Morgan fingerprint density at radius 3 is 2.60 bits per heavy atom. The van der Waals surface area contributed by atoms with Crippen molar-refractivity contribution in [2.24, 2.45) is 0 Å². The van der Waals surface area contributed by atoms with E-state index in [0.717, 1.165) is 59.6 Å². The molecule has 0 saturated carbocycles. The second kappa shape index (κ2) is 11.1. The van der Waals surface area contributed by atoms with Gasteiger partial charge in [0.25, 0.3) is 0 Å². The molecular weight excluding hydrogens is 504 g/mol. The smallest absolute Gasteiger partial charge is 0.228 e. The highest BCUT2D eigenvalue weighted by Gasteiger charge is 2.20. The Kier molecular flexibility index (Phi) is 7.45. The van der Waals surface area contributed by atoms with E-state index in [1.54, 1.807) is 0 Å². The lowest BCUT2D eigenvalue weighted by molar-refractivity contribution is -0.115. The van der Waals surface area contributed by atoms with E-state index >= 15 is 0 Å². The molecule has 0 bridgehead atoms. The fourth-order valence-corrected chi connectivity index (χ4v) is 5.05. The number of hydrogen-bond acceptors (Lipinski definition) is 4. The van der Waals surface area contributed by atoms with Gasteiger partial charge >= 0.3 is 0 Å². The number of carbonyl (C=O) groups excluding carboxylic acids is 1. The Labute approximate surface area is 214 Å². The van der Waals surface area contributed by atoms with E-state index in [9.17, 15) is 4.79 Å². The van der Waals surface area contributed by atoms with Gasteiger partial charge < -0.3 is 15.0 Å². The van der Waals surface area contributed by atoms with Crippen LogP contribution in [0, 0.1) is 0 Å². The molecule has 0 aliphatic carbocycles. The van der Waals surface area contributed by atoms with E-state index in [0.29, 0.717) is 17.9 Å². The molecule has 3 aromatic carbocycles. The zero-order valence-electron chi connectivity index (χ0n) is 19.6. The Bertz CT molecular complexity index is 1270. The summed E-state index contributed by atoms with van der Waals surface area (Å²) in [7, 11) is 0. The number of carbonyl (C=O) groups is 1. The second-order valence-electron chi connectivity index (χ2n) is 8.94. The van der Waals surface area contributed by atoms with Crippen LogP contribution < -0.4 is 10.1 Å². The molecular formula is C28H29BrN4O2. The van der Waals surface area contributed by atoms with Crippen molar-refractivity contribution < 1.29 is 9.53 Å². The van der Waals surface area contributed by atoms with Crippen LogP contribution in [-0.4, -0.2) is 45.0 Å². The van der Waals surface area contributed by atoms with Crippen molar-refractivity contribution in [1.82, 2.24) is 14.7 Å². The van der Waals surface area contributed by atoms with Crippen molar-refractivity contribution in [1.29, 1.82) is 0 Å².